The van der Waals surface area contributed by atoms with Crippen LogP contribution in [0, 0.1) is 42.9 Å². The number of fused-ring (bicyclic) bond motifs is 2. The van der Waals surface area contributed by atoms with Crippen LogP contribution in [0.5, 0.6) is 11.5 Å². The Hall–Kier alpha value is -5.20. The molecule has 15 nitrogen and oxygen atoms in total. The van der Waals surface area contributed by atoms with Crippen molar-refractivity contribution in [3.8, 4) is 11.5 Å². The van der Waals surface area contributed by atoms with Crippen molar-refractivity contribution in [2.75, 3.05) is 65.2 Å². The normalized spacial score (nSPS) is 12.0. The van der Waals surface area contributed by atoms with Crippen molar-refractivity contribution in [1.82, 2.24) is 4.72 Å². The highest BCUT2D eigenvalue weighted by Gasteiger charge is 2.30. The highest BCUT2D eigenvalue weighted by Crippen LogP contribution is 2.33. The molecule has 5 aromatic rings. The van der Waals surface area contributed by atoms with Gasteiger partial charge in [-0.2, -0.15) is 21.8 Å². The van der Waals surface area contributed by atoms with Crippen LogP contribution in [0.1, 0.15) is 34.3 Å². The second-order valence-corrected chi connectivity index (χ2v) is 17.2. The SMILES string of the molecule is Cc1ccc(S(=O)(=O)NCCOCCOCCOCCOCCC(=O)Oc2c(F)c(F)c(F)c(F)c2F)c(C)c1OC(=O)c1c2ccccc2[n+](CCCS(=O)(=O)O)c2ccccc12. The number of para-hydroxylation sites is 2. The van der Waals surface area contributed by atoms with Gasteiger partial charge in [0.05, 0.1) is 86.3 Å². The predicted molar refractivity (Wildman–Crippen MR) is 219 cm³/mol. The van der Waals surface area contributed by atoms with E-state index < -0.39 is 79.1 Å². The van der Waals surface area contributed by atoms with Gasteiger partial charge in [-0.1, -0.05) is 30.3 Å². The Bertz CT molecular complexity index is 2640. The summed E-state index contributed by atoms with van der Waals surface area (Å²) in [7, 11) is -8.29. The van der Waals surface area contributed by atoms with E-state index >= 15 is 0 Å². The van der Waals surface area contributed by atoms with Crippen LogP contribution in [0.4, 0.5) is 22.0 Å². The first-order valence-electron chi connectivity index (χ1n) is 19.6. The Morgan fingerprint density at radius 2 is 1.14 bits per heavy atom. The number of aryl methyl sites for hydroxylation is 2. The highest BCUT2D eigenvalue weighted by atomic mass is 32.2. The molecule has 0 bridgehead atoms. The van der Waals surface area contributed by atoms with Gasteiger partial charge in [-0.25, -0.2) is 31.1 Å². The number of halogens is 5. The van der Waals surface area contributed by atoms with Gasteiger partial charge in [0.2, 0.25) is 55.9 Å². The Morgan fingerprint density at radius 3 is 1.69 bits per heavy atom. The van der Waals surface area contributed by atoms with Crippen molar-refractivity contribution < 1.29 is 85.9 Å². The number of esters is 2. The molecule has 1 heterocycles. The number of nitrogens with zero attached hydrogens (tertiary/aromatic N) is 1. The second-order valence-electron chi connectivity index (χ2n) is 13.9. The fourth-order valence-electron chi connectivity index (χ4n) is 6.46. The number of hydrogen-bond acceptors (Lipinski definition) is 12. The third kappa shape index (κ3) is 12.7. The third-order valence-corrected chi connectivity index (χ3v) is 11.9. The van der Waals surface area contributed by atoms with Gasteiger partial charge >= 0.3 is 11.9 Å². The number of benzene rings is 4. The molecule has 5 rings (SSSR count). The van der Waals surface area contributed by atoms with Crippen LogP contribution in [0.2, 0.25) is 0 Å². The molecule has 0 saturated carbocycles. The van der Waals surface area contributed by atoms with Gasteiger partial charge in [-0.05, 0) is 37.6 Å². The molecule has 0 radical (unpaired) electrons. The second kappa shape index (κ2) is 22.6. The van der Waals surface area contributed by atoms with Crippen molar-refractivity contribution in [3.05, 3.63) is 106 Å². The molecule has 2 N–H and O–H groups in total. The summed E-state index contributed by atoms with van der Waals surface area (Å²) >= 11 is 0. The van der Waals surface area contributed by atoms with Crippen LogP contribution in [-0.2, 0) is 50.4 Å². The number of ether oxygens (including phenoxy) is 6. The van der Waals surface area contributed by atoms with Crippen LogP contribution in [-0.4, -0.2) is 98.5 Å². The van der Waals surface area contributed by atoms with Crippen LogP contribution in [0.25, 0.3) is 21.8 Å². The van der Waals surface area contributed by atoms with Crippen LogP contribution in [0.3, 0.4) is 0 Å². The lowest BCUT2D eigenvalue weighted by atomic mass is 10.0. The summed E-state index contributed by atoms with van der Waals surface area (Å²) in [6.07, 6.45) is -0.431. The molecular weight excluding hydrogens is 900 g/mol. The summed E-state index contributed by atoms with van der Waals surface area (Å²) in [5.41, 5.74) is 2.18. The molecule has 0 unspecified atom stereocenters. The number of aromatic nitrogens is 1. The van der Waals surface area contributed by atoms with E-state index in [1.807, 2.05) is 4.57 Å². The van der Waals surface area contributed by atoms with Gasteiger partial charge in [0.15, 0.2) is 6.54 Å². The fourth-order valence-corrected chi connectivity index (χ4v) is 8.21. The zero-order valence-corrected chi connectivity index (χ0v) is 36.1. The Kier molecular flexibility index (Phi) is 17.6. The maximum absolute atomic E-state index is 14.1. The Balaban J connectivity index is 1.03. The monoisotopic (exact) mass is 943 g/mol. The maximum atomic E-state index is 14.1. The minimum atomic E-state index is -4.19. The molecule has 64 heavy (non-hydrogen) atoms. The summed E-state index contributed by atoms with van der Waals surface area (Å²) in [6.45, 7) is 3.74. The van der Waals surface area contributed by atoms with Crippen molar-refractivity contribution in [2.24, 2.45) is 0 Å². The average molecular weight is 944 g/mol. The molecule has 0 atom stereocenters. The lowest BCUT2D eigenvalue weighted by molar-refractivity contribution is -0.645. The first-order chi connectivity index (χ1) is 30.4. The molecule has 0 saturated heterocycles. The molecule has 0 fully saturated rings. The van der Waals surface area contributed by atoms with E-state index in [1.165, 1.54) is 19.1 Å². The molecule has 4 aromatic carbocycles. The van der Waals surface area contributed by atoms with Gasteiger partial charge in [0.25, 0.3) is 10.1 Å². The van der Waals surface area contributed by atoms with E-state index in [1.54, 1.807) is 55.5 Å². The average Bonchev–Trinajstić information content (AvgIpc) is 3.25. The molecule has 346 valence electrons. The summed E-state index contributed by atoms with van der Waals surface area (Å²) in [6, 6.07) is 17.0. The first kappa shape index (κ1) is 49.8. The third-order valence-electron chi connectivity index (χ3n) is 9.44. The zero-order valence-electron chi connectivity index (χ0n) is 34.5. The summed E-state index contributed by atoms with van der Waals surface area (Å²) in [5.74, 6) is -15.5. The topological polar surface area (TPSA) is 194 Å². The van der Waals surface area contributed by atoms with E-state index in [0.29, 0.717) is 27.4 Å². The Morgan fingerprint density at radius 1 is 0.641 bits per heavy atom. The molecule has 0 spiro atoms. The number of carbonyl (C=O) groups is 2. The molecule has 1 aromatic heterocycles. The van der Waals surface area contributed by atoms with Crippen molar-refractivity contribution in [3.63, 3.8) is 0 Å². The number of sulfonamides is 1. The van der Waals surface area contributed by atoms with Gasteiger partial charge in [0, 0.05) is 30.7 Å². The predicted octanol–water partition coefficient (Wildman–Crippen LogP) is 5.43. The molecule has 22 heteroatoms. The minimum absolute atomic E-state index is 0.000623. The summed E-state index contributed by atoms with van der Waals surface area (Å²) in [4.78, 5) is 25.7. The Labute approximate surface area is 364 Å². The molecule has 0 amide bonds. The lowest BCUT2D eigenvalue weighted by Gasteiger charge is -2.16. The largest absolute Gasteiger partial charge is 0.422 e. The fraction of sp³-hybridized carbons (Fsp3) is 0.357. The lowest BCUT2D eigenvalue weighted by Crippen LogP contribution is -2.37. The molecule has 0 aliphatic heterocycles. The number of carbonyl (C=O) groups excluding carboxylic acids is 2. The molecular formula is C42H44F5N2O13S2+. The summed E-state index contributed by atoms with van der Waals surface area (Å²) in [5, 5.41) is 1.04. The summed E-state index contributed by atoms with van der Waals surface area (Å²) < 4.78 is 162. The highest BCUT2D eigenvalue weighted by molar-refractivity contribution is 7.89. The van der Waals surface area contributed by atoms with Crippen LogP contribution in [0.15, 0.2) is 65.6 Å². The van der Waals surface area contributed by atoms with Gasteiger partial charge < -0.3 is 28.4 Å². The van der Waals surface area contributed by atoms with Gasteiger partial charge in [-0.3, -0.25) is 9.35 Å². The van der Waals surface area contributed by atoms with Crippen LogP contribution >= 0.6 is 0 Å². The number of hydrogen-bond donors (Lipinski definition) is 2. The minimum Gasteiger partial charge on any atom is -0.422 e. The van der Waals surface area contributed by atoms with E-state index in [2.05, 4.69) is 9.46 Å². The van der Waals surface area contributed by atoms with Crippen molar-refractivity contribution in [2.45, 2.75) is 38.1 Å². The molecule has 0 aliphatic rings. The van der Waals surface area contributed by atoms with E-state index in [9.17, 15) is 52.9 Å². The van der Waals surface area contributed by atoms with E-state index in [-0.39, 0.29) is 94.1 Å². The number of rotatable bonds is 24. The van der Waals surface area contributed by atoms with Crippen molar-refractivity contribution in [1.29, 1.82) is 0 Å². The zero-order chi connectivity index (χ0) is 46.6. The van der Waals surface area contributed by atoms with E-state index in [0.717, 1.165) is 0 Å². The number of pyridine rings is 1. The smallest absolute Gasteiger partial charge is 0.345 e. The van der Waals surface area contributed by atoms with Gasteiger partial charge in [-0.15, -0.1) is 0 Å². The van der Waals surface area contributed by atoms with Crippen molar-refractivity contribution >= 4 is 53.9 Å². The molecule has 0 aliphatic carbocycles. The first-order valence-corrected chi connectivity index (χ1v) is 22.7. The van der Waals surface area contributed by atoms with E-state index in [4.69, 9.17) is 23.7 Å². The van der Waals surface area contributed by atoms with Crippen LogP contribution < -0.4 is 18.8 Å². The standard InChI is InChI=1S/C42H43F5N2O13S2/c1-26-12-13-32(27(2)40(26)62-42(51)34-28-8-3-5-10-30(28)49(16-7-25-63(52,53)54)31-11-6-4-9-29(31)34)64(55,56)48-15-18-58-20-22-60-24-23-59-21-19-57-17-14-33(50)61-41-38(46)36(44)35(43)37(45)39(41)47/h3-6,8-13,48H,7,14-25H2,1-2H3/p+1. The number of nitrogens with one attached hydrogen (secondary N) is 1. The quantitative estimate of drug-likeness (QED) is 0.00917. The maximum Gasteiger partial charge on any atom is 0.345 e. The van der Waals surface area contributed by atoms with Gasteiger partial charge in [0.1, 0.15) is 5.75 Å².